The third-order valence-electron chi connectivity index (χ3n) is 5.36. The number of nitrogens with one attached hydrogen (secondary N) is 1. The number of nitrogens with zero attached hydrogens (tertiary/aromatic N) is 3. The van der Waals surface area contributed by atoms with Gasteiger partial charge in [-0.2, -0.15) is 0 Å². The van der Waals surface area contributed by atoms with Crippen LogP contribution in [0.2, 0.25) is 0 Å². The second-order valence-electron chi connectivity index (χ2n) is 8.05. The van der Waals surface area contributed by atoms with Crippen LogP contribution in [-0.2, 0) is 16.6 Å². The van der Waals surface area contributed by atoms with E-state index in [-0.39, 0.29) is 23.4 Å². The number of carbonyl (C=O) groups excluding carboxylic acids is 1. The first-order chi connectivity index (χ1) is 14.8. The van der Waals surface area contributed by atoms with Crippen LogP contribution < -0.4 is 10.5 Å². The zero-order chi connectivity index (χ0) is 22.7. The summed E-state index contributed by atoms with van der Waals surface area (Å²) in [7, 11) is -3.77. The predicted octanol–water partition coefficient (Wildman–Crippen LogP) is 3.95. The van der Waals surface area contributed by atoms with Crippen LogP contribution in [0.3, 0.4) is 0 Å². The smallest absolute Gasteiger partial charge is 0.251 e. The van der Waals surface area contributed by atoms with Crippen molar-refractivity contribution in [3.8, 4) is 0 Å². The first kappa shape index (κ1) is 25.0. The Balaban J connectivity index is 1.71. The van der Waals surface area contributed by atoms with Crippen LogP contribution in [0.25, 0.3) is 0 Å². The van der Waals surface area contributed by atoms with E-state index in [2.05, 4.69) is 29.5 Å². The molecule has 31 heavy (non-hydrogen) atoms. The molecule has 3 N–H and O–H groups in total. The maximum Gasteiger partial charge on any atom is 0.251 e. The molecule has 2 aromatic rings. The predicted molar refractivity (Wildman–Crippen MR) is 121 cm³/mol. The van der Waals surface area contributed by atoms with Crippen LogP contribution in [0, 0.1) is 0 Å². The SMILES string of the molecule is CCCCCCCCCCC(C)n1cc(CNC(=O)c2ccc(S(N)(=O)=O)cc2)nn1. The van der Waals surface area contributed by atoms with E-state index < -0.39 is 10.0 Å². The van der Waals surface area contributed by atoms with Crippen molar-refractivity contribution in [3.05, 3.63) is 41.7 Å². The van der Waals surface area contributed by atoms with Crippen molar-refractivity contribution in [1.29, 1.82) is 0 Å². The summed E-state index contributed by atoms with van der Waals surface area (Å²) in [5.74, 6) is -0.317. The number of carbonyl (C=O) groups is 1. The molecule has 2 rings (SSSR count). The molecule has 0 radical (unpaired) electrons. The summed E-state index contributed by atoms with van der Waals surface area (Å²) in [5, 5.41) is 16.2. The topological polar surface area (TPSA) is 120 Å². The van der Waals surface area contributed by atoms with Crippen LogP contribution in [0.1, 0.15) is 93.7 Å². The molecule has 9 heteroatoms. The molecule has 1 heterocycles. The highest BCUT2D eigenvalue weighted by Gasteiger charge is 2.12. The lowest BCUT2D eigenvalue weighted by molar-refractivity contribution is 0.0950. The Morgan fingerprint density at radius 1 is 1.06 bits per heavy atom. The second-order valence-corrected chi connectivity index (χ2v) is 9.62. The van der Waals surface area contributed by atoms with Crippen molar-refractivity contribution in [2.45, 2.75) is 89.1 Å². The van der Waals surface area contributed by atoms with Gasteiger partial charge >= 0.3 is 0 Å². The quantitative estimate of drug-likeness (QED) is 0.423. The molecule has 1 atom stereocenters. The molecule has 0 aliphatic heterocycles. The van der Waals surface area contributed by atoms with E-state index in [4.69, 9.17) is 5.14 Å². The van der Waals surface area contributed by atoms with Crippen molar-refractivity contribution < 1.29 is 13.2 Å². The fraction of sp³-hybridized carbons (Fsp3) is 0.591. The van der Waals surface area contributed by atoms with Gasteiger partial charge in [-0.25, -0.2) is 18.2 Å². The number of rotatable bonds is 14. The largest absolute Gasteiger partial charge is 0.346 e. The molecule has 0 saturated heterocycles. The minimum atomic E-state index is -3.77. The van der Waals surface area contributed by atoms with Crippen LogP contribution in [0.15, 0.2) is 35.4 Å². The van der Waals surface area contributed by atoms with E-state index in [0.29, 0.717) is 11.3 Å². The van der Waals surface area contributed by atoms with E-state index in [1.165, 1.54) is 75.6 Å². The van der Waals surface area contributed by atoms with Gasteiger partial charge in [0.2, 0.25) is 10.0 Å². The summed E-state index contributed by atoms with van der Waals surface area (Å²) in [6.45, 7) is 4.62. The summed E-state index contributed by atoms with van der Waals surface area (Å²) in [6, 6.07) is 5.75. The van der Waals surface area contributed by atoms with Crippen molar-refractivity contribution >= 4 is 15.9 Å². The maximum atomic E-state index is 12.3. The number of benzene rings is 1. The number of amides is 1. The second kappa shape index (κ2) is 12.6. The summed E-state index contributed by atoms with van der Waals surface area (Å²) >= 11 is 0. The van der Waals surface area contributed by atoms with Gasteiger partial charge in [-0.05, 0) is 37.6 Å². The van der Waals surface area contributed by atoms with Gasteiger partial charge in [-0.15, -0.1) is 5.10 Å². The van der Waals surface area contributed by atoms with Gasteiger partial charge in [-0.1, -0.05) is 63.5 Å². The molecule has 172 valence electrons. The molecule has 1 unspecified atom stereocenters. The summed E-state index contributed by atoms with van der Waals surface area (Å²) in [4.78, 5) is 12.2. The molecule has 0 fully saturated rings. The Morgan fingerprint density at radius 3 is 2.29 bits per heavy atom. The summed E-state index contributed by atoms with van der Waals surface area (Å²) < 4.78 is 24.4. The van der Waals surface area contributed by atoms with Gasteiger partial charge in [0.1, 0.15) is 5.69 Å². The highest BCUT2D eigenvalue weighted by atomic mass is 32.2. The van der Waals surface area contributed by atoms with Crippen molar-refractivity contribution in [3.63, 3.8) is 0 Å². The molecule has 8 nitrogen and oxygen atoms in total. The van der Waals surface area contributed by atoms with E-state index in [1.54, 1.807) is 0 Å². The highest BCUT2D eigenvalue weighted by molar-refractivity contribution is 7.89. The van der Waals surface area contributed by atoms with Crippen molar-refractivity contribution in [2.24, 2.45) is 5.14 Å². The van der Waals surface area contributed by atoms with Crippen molar-refractivity contribution in [2.75, 3.05) is 0 Å². The molecular formula is C22H35N5O3S. The third kappa shape index (κ3) is 8.78. The van der Waals surface area contributed by atoms with E-state index >= 15 is 0 Å². The fourth-order valence-electron chi connectivity index (χ4n) is 3.38. The zero-order valence-corrected chi connectivity index (χ0v) is 19.4. The molecule has 0 saturated carbocycles. The third-order valence-corrected chi connectivity index (χ3v) is 6.29. The number of aromatic nitrogens is 3. The standard InChI is InChI=1S/C22H35N5O3S/c1-3-4-5-6-7-8-9-10-11-18(2)27-17-20(25-26-27)16-24-22(28)19-12-14-21(15-13-19)31(23,29)30/h12-15,17-18H,3-11,16H2,1-2H3,(H,24,28)(H2,23,29,30). The lowest BCUT2D eigenvalue weighted by Gasteiger charge is -2.10. The van der Waals surface area contributed by atoms with Crippen LogP contribution in [-0.4, -0.2) is 29.3 Å². The average molecular weight is 450 g/mol. The Morgan fingerprint density at radius 2 is 1.68 bits per heavy atom. The Labute approximate surface area is 185 Å². The lowest BCUT2D eigenvalue weighted by atomic mass is 10.1. The minimum Gasteiger partial charge on any atom is -0.346 e. The molecule has 1 aromatic carbocycles. The molecule has 1 aromatic heterocycles. The first-order valence-corrected chi connectivity index (χ1v) is 12.7. The van der Waals surface area contributed by atoms with E-state index in [1.807, 2.05) is 10.9 Å². The average Bonchev–Trinajstić information content (AvgIpc) is 3.22. The first-order valence-electron chi connectivity index (χ1n) is 11.1. The molecule has 0 spiro atoms. The molecular weight excluding hydrogens is 414 g/mol. The number of unbranched alkanes of at least 4 members (excludes halogenated alkanes) is 7. The normalized spacial score (nSPS) is 12.6. The minimum absolute atomic E-state index is 0.0301. The van der Waals surface area contributed by atoms with E-state index in [9.17, 15) is 13.2 Å². The Bertz CT molecular complexity index is 909. The summed E-state index contributed by atoms with van der Waals surface area (Å²) in [5.41, 5.74) is 1.03. The highest BCUT2D eigenvalue weighted by Crippen LogP contribution is 2.16. The number of sulfonamides is 1. The van der Waals surface area contributed by atoms with Crippen LogP contribution in [0.4, 0.5) is 0 Å². The van der Waals surface area contributed by atoms with Crippen molar-refractivity contribution in [1.82, 2.24) is 20.3 Å². The van der Waals surface area contributed by atoms with Gasteiger partial charge in [0.15, 0.2) is 0 Å². The van der Waals surface area contributed by atoms with Gasteiger partial charge in [0, 0.05) is 5.56 Å². The Kier molecular flexibility index (Phi) is 10.1. The Hall–Kier alpha value is -2.26. The van der Waals surface area contributed by atoms with Crippen LogP contribution in [0.5, 0.6) is 0 Å². The van der Waals surface area contributed by atoms with Gasteiger partial charge in [0.25, 0.3) is 5.91 Å². The fourth-order valence-corrected chi connectivity index (χ4v) is 3.90. The molecule has 0 aliphatic rings. The maximum absolute atomic E-state index is 12.3. The molecule has 0 aliphatic carbocycles. The van der Waals surface area contributed by atoms with Crippen LogP contribution >= 0.6 is 0 Å². The van der Waals surface area contributed by atoms with E-state index in [0.717, 1.165) is 6.42 Å². The number of hydrogen-bond donors (Lipinski definition) is 2. The monoisotopic (exact) mass is 449 g/mol. The van der Waals surface area contributed by atoms with Gasteiger partial charge in [-0.3, -0.25) is 4.79 Å². The number of nitrogens with two attached hydrogens (primary N) is 1. The zero-order valence-electron chi connectivity index (χ0n) is 18.6. The molecule has 1 amide bonds. The summed E-state index contributed by atoms with van der Waals surface area (Å²) in [6.07, 6.45) is 13.3. The number of hydrogen-bond acceptors (Lipinski definition) is 5. The lowest BCUT2D eigenvalue weighted by Crippen LogP contribution is -2.23. The molecule has 0 bridgehead atoms. The van der Waals surface area contributed by atoms with Gasteiger partial charge < -0.3 is 5.32 Å². The van der Waals surface area contributed by atoms with Gasteiger partial charge in [0.05, 0.1) is 23.7 Å². The number of primary sulfonamides is 1.